The van der Waals surface area contributed by atoms with E-state index < -0.39 is 5.97 Å². The van der Waals surface area contributed by atoms with E-state index in [0.29, 0.717) is 20.9 Å². The number of esters is 1. The van der Waals surface area contributed by atoms with Crippen LogP contribution in [0.1, 0.15) is 29.1 Å². The first kappa shape index (κ1) is 14.9. The van der Waals surface area contributed by atoms with E-state index in [-0.39, 0.29) is 6.04 Å². The summed E-state index contributed by atoms with van der Waals surface area (Å²) in [6.45, 7) is 1.93. The number of furan rings is 1. The monoisotopic (exact) mass is 357 g/mol. The molecule has 2 aromatic rings. The van der Waals surface area contributed by atoms with Gasteiger partial charge in [-0.3, -0.25) is 0 Å². The van der Waals surface area contributed by atoms with Crippen molar-refractivity contribution in [1.29, 1.82) is 0 Å². The van der Waals surface area contributed by atoms with Gasteiger partial charge in [0.25, 0.3) is 0 Å². The van der Waals surface area contributed by atoms with Gasteiger partial charge in [-0.25, -0.2) is 4.79 Å². The largest absolute Gasteiger partial charge is 0.465 e. The summed E-state index contributed by atoms with van der Waals surface area (Å²) < 4.78 is 10.9. The molecular formula is C14H13BrClNO3. The van der Waals surface area contributed by atoms with Crippen LogP contribution in [0.15, 0.2) is 39.4 Å². The predicted octanol–water partition coefficient (Wildman–Crippen LogP) is 4.66. The number of carbonyl (C=O) groups excluding carboxylic acids is 1. The Bertz CT molecular complexity index is 627. The van der Waals surface area contributed by atoms with Crippen LogP contribution in [-0.4, -0.2) is 13.1 Å². The van der Waals surface area contributed by atoms with Crippen LogP contribution in [0.4, 0.5) is 5.69 Å². The molecule has 1 aromatic heterocycles. The van der Waals surface area contributed by atoms with Gasteiger partial charge in [0.1, 0.15) is 5.76 Å². The molecule has 0 radical (unpaired) electrons. The average Bonchev–Trinajstić information content (AvgIpc) is 2.86. The highest BCUT2D eigenvalue weighted by molar-refractivity contribution is 9.10. The molecule has 0 amide bonds. The number of ether oxygens (including phenoxy) is 1. The number of anilines is 1. The molecule has 1 N–H and O–H groups in total. The number of rotatable bonds is 4. The van der Waals surface area contributed by atoms with Crippen molar-refractivity contribution in [3.05, 3.63) is 51.3 Å². The Morgan fingerprint density at radius 3 is 2.75 bits per heavy atom. The Kier molecular flexibility index (Phi) is 4.73. The van der Waals surface area contributed by atoms with Crippen LogP contribution in [0.25, 0.3) is 0 Å². The van der Waals surface area contributed by atoms with Crippen molar-refractivity contribution in [2.45, 2.75) is 13.0 Å². The Morgan fingerprint density at radius 2 is 2.15 bits per heavy atom. The van der Waals surface area contributed by atoms with Gasteiger partial charge in [0.15, 0.2) is 4.67 Å². The van der Waals surface area contributed by atoms with Crippen LogP contribution in [0.3, 0.4) is 0 Å². The van der Waals surface area contributed by atoms with Crippen molar-refractivity contribution in [2.24, 2.45) is 0 Å². The van der Waals surface area contributed by atoms with Gasteiger partial charge in [-0.2, -0.15) is 0 Å². The summed E-state index contributed by atoms with van der Waals surface area (Å²) in [5, 5.41) is 3.68. The second-order valence-corrected chi connectivity index (χ2v) is 5.41. The van der Waals surface area contributed by atoms with E-state index in [0.717, 1.165) is 5.76 Å². The van der Waals surface area contributed by atoms with Crippen molar-refractivity contribution in [2.75, 3.05) is 12.4 Å². The Balaban J connectivity index is 2.26. The lowest BCUT2D eigenvalue weighted by molar-refractivity contribution is 0.0602. The van der Waals surface area contributed by atoms with Gasteiger partial charge in [-0.15, -0.1) is 0 Å². The zero-order chi connectivity index (χ0) is 14.7. The fourth-order valence-corrected chi connectivity index (χ4v) is 2.28. The number of nitrogens with one attached hydrogen (secondary N) is 1. The van der Waals surface area contributed by atoms with Crippen LogP contribution in [-0.2, 0) is 4.74 Å². The Hall–Kier alpha value is -1.46. The van der Waals surface area contributed by atoms with Gasteiger partial charge in [0.2, 0.25) is 0 Å². The molecule has 1 unspecified atom stereocenters. The lowest BCUT2D eigenvalue weighted by Crippen LogP contribution is -2.11. The van der Waals surface area contributed by atoms with Crippen LogP contribution < -0.4 is 5.32 Å². The van der Waals surface area contributed by atoms with E-state index in [4.69, 9.17) is 20.8 Å². The Morgan fingerprint density at radius 1 is 1.40 bits per heavy atom. The number of hydrogen-bond donors (Lipinski definition) is 1. The lowest BCUT2D eigenvalue weighted by atomic mass is 10.1. The highest BCUT2D eigenvalue weighted by atomic mass is 79.9. The SMILES string of the molecule is COC(=O)c1cc(Cl)ccc1NC(C)c1ccc(Br)o1. The molecule has 0 saturated carbocycles. The molecule has 0 aliphatic rings. The summed E-state index contributed by atoms with van der Waals surface area (Å²) in [6.07, 6.45) is 0. The van der Waals surface area contributed by atoms with Gasteiger partial charge in [-0.1, -0.05) is 11.6 Å². The highest BCUT2D eigenvalue weighted by Crippen LogP contribution is 2.27. The molecular weight excluding hydrogens is 346 g/mol. The first-order valence-corrected chi connectivity index (χ1v) is 7.08. The smallest absolute Gasteiger partial charge is 0.340 e. The first-order valence-electron chi connectivity index (χ1n) is 5.91. The van der Waals surface area contributed by atoms with E-state index in [1.54, 1.807) is 18.2 Å². The number of methoxy groups -OCH3 is 1. The molecule has 0 aliphatic heterocycles. The van der Waals surface area contributed by atoms with E-state index in [1.165, 1.54) is 7.11 Å². The number of halogens is 2. The number of benzene rings is 1. The topological polar surface area (TPSA) is 51.5 Å². The maximum absolute atomic E-state index is 11.8. The van der Waals surface area contributed by atoms with Gasteiger partial charge in [-0.05, 0) is 53.2 Å². The van der Waals surface area contributed by atoms with Crippen molar-refractivity contribution >= 4 is 39.2 Å². The summed E-state index contributed by atoms with van der Waals surface area (Å²) >= 11 is 9.17. The molecule has 1 heterocycles. The first-order chi connectivity index (χ1) is 9.51. The minimum absolute atomic E-state index is 0.106. The summed E-state index contributed by atoms with van der Waals surface area (Å²) in [4.78, 5) is 11.8. The van der Waals surface area contributed by atoms with E-state index in [1.807, 2.05) is 19.1 Å². The van der Waals surface area contributed by atoms with Crippen LogP contribution in [0, 0.1) is 0 Å². The maximum Gasteiger partial charge on any atom is 0.340 e. The maximum atomic E-state index is 11.8. The van der Waals surface area contributed by atoms with Crippen LogP contribution in [0.5, 0.6) is 0 Å². The third kappa shape index (κ3) is 3.35. The van der Waals surface area contributed by atoms with Crippen LogP contribution >= 0.6 is 27.5 Å². The molecule has 1 atom stereocenters. The fraction of sp³-hybridized carbons (Fsp3) is 0.214. The molecule has 0 fully saturated rings. The van der Waals surface area contributed by atoms with Gasteiger partial charge < -0.3 is 14.5 Å². The third-order valence-electron chi connectivity index (χ3n) is 2.78. The van der Waals surface area contributed by atoms with E-state index >= 15 is 0 Å². The molecule has 0 aliphatic carbocycles. The molecule has 106 valence electrons. The second-order valence-electron chi connectivity index (χ2n) is 4.19. The molecule has 2 rings (SSSR count). The fourth-order valence-electron chi connectivity index (χ4n) is 1.79. The van der Waals surface area contributed by atoms with Crippen molar-refractivity contribution < 1.29 is 13.9 Å². The molecule has 0 bridgehead atoms. The van der Waals surface area contributed by atoms with Gasteiger partial charge >= 0.3 is 5.97 Å². The van der Waals surface area contributed by atoms with Gasteiger partial charge in [0, 0.05) is 10.7 Å². The minimum atomic E-state index is -0.442. The predicted molar refractivity (Wildman–Crippen MR) is 81.2 cm³/mol. The molecule has 6 heteroatoms. The lowest BCUT2D eigenvalue weighted by Gasteiger charge is -2.15. The summed E-state index contributed by atoms with van der Waals surface area (Å²) in [6, 6.07) is 8.59. The number of carbonyl (C=O) groups is 1. The summed E-state index contributed by atoms with van der Waals surface area (Å²) in [5.74, 6) is 0.311. The van der Waals surface area contributed by atoms with Crippen LogP contribution in [0.2, 0.25) is 5.02 Å². The molecule has 0 saturated heterocycles. The normalized spacial score (nSPS) is 12.0. The summed E-state index contributed by atoms with van der Waals surface area (Å²) in [5.41, 5.74) is 1.03. The van der Waals surface area contributed by atoms with Gasteiger partial charge in [0.05, 0.1) is 18.7 Å². The molecule has 4 nitrogen and oxygen atoms in total. The highest BCUT2D eigenvalue weighted by Gasteiger charge is 2.16. The van der Waals surface area contributed by atoms with Crippen molar-refractivity contribution in [3.8, 4) is 0 Å². The second kappa shape index (κ2) is 6.33. The van der Waals surface area contributed by atoms with E-state index in [9.17, 15) is 4.79 Å². The Labute approximate surface area is 130 Å². The standard InChI is InChI=1S/C14H13BrClNO3/c1-8(12-5-6-13(15)20-12)17-11-4-3-9(16)7-10(11)14(18)19-2/h3-8,17H,1-2H3. The molecule has 0 spiro atoms. The third-order valence-corrected chi connectivity index (χ3v) is 3.44. The van der Waals surface area contributed by atoms with E-state index in [2.05, 4.69) is 21.2 Å². The van der Waals surface area contributed by atoms with Crippen molar-refractivity contribution in [1.82, 2.24) is 0 Å². The zero-order valence-electron chi connectivity index (χ0n) is 10.9. The zero-order valence-corrected chi connectivity index (χ0v) is 13.3. The quantitative estimate of drug-likeness (QED) is 0.808. The average molecular weight is 359 g/mol. The number of hydrogen-bond acceptors (Lipinski definition) is 4. The minimum Gasteiger partial charge on any atom is -0.465 e. The van der Waals surface area contributed by atoms with Crippen molar-refractivity contribution in [3.63, 3.8) is 0 Å². The summed E-state index contributed by atoms with van der Waals surface area (Å²) in [7, 11) is 1.33. The molecule has 20 heavy (non-hydrogen) atoms. The molecule has 1 aromatic carbocycles.